The van der Waals surface area contributed by atoms with Crippen LogP contribution in [0.5, 0.6) is 0 Å². The fraction of sp³-hybridized carbons (Fsp3) is 0.240. The molecule has 0 aliphatic carbocycles. The van der Waals surface area contributed by atoms with Gasteiger partial charge in [0.2, 0.25) is 0 Å². The summed E-state index contributed by atoms with van der Waals surface area (Å²) in [5, 5.41) is 3.45. The SMILES string of the molecule is CC1(C)OB(c2cccc3ccc(-c4ccc5ccccc5n4)cc23)OC1(C)C. The van der Waals surface area contributed by atoms with Gasteiger partial charge in [-0.2, -0.15) is 0 Å². The average Bonchev–Trinajstić information content (AvgIpc) is 2.93. The van der Waals surface area contributed by atoms with Crippen LogP contribution in [0.15, 0.2) is 72.8 Å². The molecule has 0 spiro atoms. The van der Waals surface area contributed by atoms with E-state index in [-0.39, 0.29) is 18.3 Å². The number of pyridine rings is 1. The second kappa shape index (κ2) is 6.41. The Morgan fingerprint density at radius 1 is 0.724 bits per heavy atom. The van der Waals surface area contributed by atoms with Gasteiger partial charge in [0, 0.05) is 10.9 Å². The first-order valence-electron chi connectivity index (χ1n) is 10.1. The summed E-state index contributed by atoms with van der Waals surface area (Å²) < 4.78 is 12.6. The van der Waals surface area contributed by atoms with Crippen molar-refractivity contribution in [3.05, 3.63) is 72.8 Å². The Kier molecular flexibility index (Phi) is 4.06. The van der Waals surface area contributed by atoms with Crippen LogP contribution in [0.2, 0.25) is 0 Å². The molecule has 4 aromatic rings. The zero-order valence-corrected chi connectivity index (χ0v) is 17.3. The first-order valence-corrected chi connectivity index (χ1v) is 10.1. The summed E-state index contributed by atoms with van der Waals surface area (Å²) in [6, 6.07) is 25.2. The van der Waals surface area contributed by atoms with Gasteiger partial charge in [0.25, 0.3) is 0 Å². The van der Waals surface area contributed by atoms with Crippen molar-refractivity contribution in [1.29, 1.82) is 0 Å². The molecule has 0 saturated carbocycles. The lowest BCUT2D eigenvalue weighted by atomic mass is 9.76. The minimum Gasteiger partial charge on any atom is -0.399 e. The van der Waals surface area contributed by atoms with Crippen molar-refractivity contribution in [3.8, 4) is 11.3 Å². The zero-order chi connectivity index (χ0) is 20.2. The fourth-order valence-corrected chi connectivity index (χ4v) is 3.86. The number of hydrogen-bond donors (Lipinski definition) is 0. The van der Waals surface area contributed by atoms with Crippen molar-refractivity contribution in [2.75, 3.05) is 0 Å². The van der Waals surface area contributed by atoms with Crippen molar-refractivity contribution < 1.29 is 9.31 Å². The van der Waals surface area contributed by atoms with Gasteiger partial charge in [-0.1, -0.05) is 54.6 Å². The molecule has 0 radical (unpaired) electrons. The Hall–Kier alpha value is -2.69. The molecule has 29 heavy (non-hydrogen) atoms. The number of nitrogens with zero attached hydrogens (tertiary/aromatic N) is 1. The van der Waals surface area contributed by atoms with E-state index < -0.39 is 0 Å². The minimum absolute atomic E-state index is 0.364. The molecule has 4 heteroatoms. The monoisotopic (exact) mass is 381 g/mol. The molecular formula is C25H24BNO2. The van der Waals surface area contributed by atoms with Crippen LogP contribution in [0.1, 0.15) is 27.7 Å². The molecule has 5 rings (SSSR count). The second-order valence-electron chi connectivity index (χ2n) is 8.76. The topological polar surface area (TPSA) is 31.4 Å². The van der Waals surface area contributed by atoms with Crippen molar-refractivity contribution in [1.82, 2.24) is 4.98 Å². The number of rotatable bonds is 2. The zero-order valence-electron chi connectivity index (χ0n) is 17.3. The quantitative estimate of drug-likeness (QED) is 0.439. The Labute approximate surface area is 171 Å². The van der Waals surface area contributed by atoms with Gasteiger partial charge in [-0.05, 0) is 62.1 Å². The standard InChI is InChI=1S/C25H24BNO2/c1-24(2)25(3,4)29-26(28-24)21-10-7-9-17-12-13-19(16-20(17)21)23-15-14-18-8-5-6-11-22(18)27-23/h5-16H,1-4H3. The van der Waals surface area contributed by atoms with Crippen LogP contribution in [0.25, 0.3) is 32.9 Å². The van der Waals surface area contributed by atoms with Gasteiger partial charge in [0.15, 0.2) is 0 Å². The maximum absolute atomic E-state index is 6.32. The smallest absolute Gasteiger partial charge is 0.399 e. The van der Waals surface area contributed by atoms with Gasteiger partial charge in [-0.25, -0.2) is 4.98 Å². The third-order valence-electron chi connectivity index (χ3n) is 6.32. The maximum atomic E-state index is 6.32. The highest BCUT2D eigenvalue weighted by Gasteiger charge is 2.52. The van der Waals surface area contributed by atoms with E-state index in [1.165, 1.54) is 5.39 Å². The molecular weight excluding hydrogens is 357 g/mol. The highest BCUT2D eigenvalue weighted by molar-refractivity contribution is 6.65. The van der Waals surface area contributed by atoms with Crippen LogP contribution in [0.3, 0.4) is 0 Å². The molecule has 1 fully saturated rings. The predicted octanol–water partition coefficient (Wildman–Crippen LogP) is 5.35. The van der Waals surface area contributed by atoms with Crippen molar-refractivity contribution in [3.63, 3.8) is 0 Å². The van der Waals surface area contributed by atoms with Gasteiger partial charge in [-0.15, -0.1) is 0 Å². The van der Waals surface area contributed by atoms with Gasteiger partial charge in [0.05, 0.1) is 22.4 Å². The number of para-hydroxylation sites is 1. The van der Waals surface area contributed by atoms with E-state index in [0.717, 1.165) is 33.0 Å². The summed E-state index contributed by atoms with van der Waals surface area (Å²) in [5.41, 5.74) is 3.39. The summed E-state index contributed by atoms with van der Waals surface area (Å²) in [4.78, 5) is 4.86. The summed E-state index contributed by atoms with van der Waals surface area (Å²) in [6.07, 6.45) is 0. The van der Waals surface area contributed by atoms with Gasteiger partial charge in [-0.3, -0.25) is 0 Å². The van der Waals surface area contributed by atoms with Gasteiger partial charge in [0.1, 0.15) is 0 Å². The third-order valence-corrected chi connectivity index (χ3v) is 6.32. The first-order chi connectivity index (χ1) is 13.8. The number of hydrogen-bond acceptors (Lipinski definition) is 3. The Morgan fingerprint density at radius 3 is 2.21 bits per heavy atom. The Morgan fingerprint density at radius 2 is 1.41 bits per heavy atom. The molecule has 144 valence electrons. The highest BCUT2D eigenvalue weighted by atomic mass is 16.7. The maximum Gasteiger partial charge on any atom is 0.495 e. The molecule has 2 heterocycles. The van der Waals surface area contributed by atoms with E-state index in [1.54, 1.807) is 0 Å². The van der Waals surface area contributed by atoms with Crippen molar-refractivity contribution >= 4 is 34.3 Å². The van der Waals surface area contributed by atoms with Crippen molar-refractivity contribution in [2.24, 2.45) is 0 Å². The highest BCUT2D eigenvalue weighted by Crippen LogP contribution is 2.37. The van der Waals surface area contributed by atoms with Crippen LogP contribution in [-0.2, 0) is 9.31 Å². The van der Waals surface area contributed by atoms with Crippen molar-refractivity contribution in [2.45, 2.75) is 38.9 Å². The molecule has 0 unspecified atom stereocenters. The second-order valence-corrected chi connectivity index (χ2v) is 8.76. The Balaban J connectivity index is 1.62. The van der Waals surface area contributed by atoms with Crippen LogP contribution in [0.4, 0.5) is 0 Å². The average molecular weight is 381 g/mol. The first kappa shape index (κ1) is 18.4. The molecule has 1 saturated heterocycles. The number of fused-ring (bicyclic) bond motifs is 2. The minimum atomic E-state index is -0.386. The van der Waals surface area contributed by atoms with Crippen LogP contribution in [-0.4, -0.2) is 23.3 Å². The van der Waals surface area contributed by atoms with Crippen LogP contribution >= 0.6 is 0 Å². The summed E-state index contributed by atoms with van der Waals surface area (Å²) in [5.74, 6) is 0. The van der Waals surface area contributed by atoms with E-state index in [0.29, 0.717) is 0 Å². The summed E-state index contributed by atoms with van der Waals surface area (Å²) in [6.45, 7) is 8.34. The largest absolute Gasteiger partial charge is 0.495 e. The van der Waals surface area contributed by atoms with E-state index in [4.69, 9.17) is 14.3 Å². The van der Waals surface area contributed by atoms with Crippen LogP contribution in [0, 0.1) is 0 Å². The number of aromatic nitrogens is 1. The lowest BCUT2D eigenvalue weighted by Gasteiger charge is -2.32. The normalized spacial score (nSPS) is 17.9. The molecule has 1 aliphatic rings. The van der Waals surface area contributed by atoms with E-state index in [2.05, 4.69) is 88.4 Å². The molecule has 0 atom stereocenters. The Bertz CT molecular complexity index is 1220. The molecule has 1 aliphatic heterocycles. The third kappa shape index (κ3) is 3.04. The van der Waals surface area contributed by atoms with Crippen LogP contribution < -0.4 is 5.46 Å². The summed E-state index contributed by atoms with van der Waals surface area (Å²) >= 11 is 0. The van der Waals surface area contributed by atoms with E-state index in [1.807, 2.05) is 12.1 Å². The molecule has 0 N–H and O–H groups in total. The van der Waals surface area contributed by atoms with Gasteiger partial charge >= 0.3 is 7.12 Å². The summed E-state index contributed by atoms with van der Waals surface area (Å²) in [7, 11) is -0.386. The molecule has 1 aromatic heterocycles. The molecule has 0 bridgehead atoms. The molecule has 0 amide bonds. The lowest BCUT2D eigenvalue weighted by molar-refractivity contribution is 0.00578. The van der Waals surface area contributed by atoms with E-state index in [9.17, 15) is 0 Å². The van der Waals surface area contributed by atoms with Gasteiger partial charge < -0.3 is 9.31 Å². The fourth-order valence-electron chi connectivity index (χ4n) is 3.86. The van der Waals surface area contributed by atoms with E-state index >= 15 is 0 Å². The number of benzene rings is 3. The predicted molar refractivity (Wildman–Crippen MR) is 120 cm³/mol. The lowest BCUT2D eigenvalue weighted by Crippen LogP contribution is -2.41. The molecule has 3 nitrogen and oxygen atoms in total. The molecule has 3 aromatic carbocycles.